The lowest BCUT2D eigenvalue weighted by Gasteiger charge is -2.04. The first kappa shape index (κ1) is 11.6. The molecule has 0 fully saturated rings. The molecule has 0 saturated heterocycles. The maximum absolute atomic E-state index is 10.9. The van der Waals surface area contributed by atoms with Gasteiger partial charge in [0.25, 0.3) is 5.24 Å². The number of halogens is 2. The normalized spacial score (nSPS) is 9.86. The van der Waals surface area contributed by atoms with Gasteiger partial charge in [-0.25, -0.2) is 0 Å². The van der Waals surface area contributed by atoms with Crippen LogP contribution in [0.2, 0.25) is 5.02 Å². The molecule has 0 N–H and O–H groups in total. The minimum absolute atomic E-state index is 0.349. The van der Waals surface area contributed by atoms with E-state index in [9.17, 15) is 4.79 Å². The molecule has 0 heterocycles. The molecule has 1 nitrogen and oxygen atoms in total. The van der Waals surface area contributed by atoms with Crippen molar-refractivity contribution in [3.05, 3.63) is 41.4 Å². The largest absolute Gasteiger partial charge is 0.276 e. The van der Waals surface area contributed by atoms with Crippen LogP contribution >= 0.6 is 35.0 Å². The highest BCUT2D eigenvalue weighted by atomic mass is 35.5. The molecule has 0 bridgehead atoms. The van der Waals surface area contributed by atoms with E-state index in [2.05, 4.69) is 6.58 Å². The predicted octanol–water partition coefficient (Wildman–Crippen LogP) is 4.00. The molecule has 0 amide bonds. The topological polar surface area (TPSA) is 17.1 Å². The van der Waals surface area contributed by atoms with Crippen molar-refractivity contribution in [2.24, 2.45) is 0 Å². The van der Waals surface area contributed by atoms with Gasteiger partial charge in [0.2, 0.25) is 0 Å². The van der Waals surface area contributed by atoms with Gasteiger partial charge < -0.3 is 0 Å². The average molecular weight is 247 g/mol. The molecule has 14 heavy (non-hydrogen) atoms. The number of hydrogen-bond acceptors (Lipinski definition) is 2. The molecule has 0 spiro atoms. The zero-order valence-electron chi connectivity index (χ0n) is 7.30. The molecular weight excluding hydrogens is 239 g/mol. The molecule has 0 unspecified atom stereocenters. The lowest BCUT2D eigenvalue weighted by Crippen LogP contribution is -1.91. The Morgan fingerprint density at radius 1 is 1.57 bits per heavy atom. The van der Waals surface area contributed by atoms with Gasteiger partial charge in [0.05, 0.1) is 10.6 Å². The van der Waals surface area contributed by atoms with E-state index in [0.717, 1.165) is 10.6 Å². The molecule has 1 aromatic rings. The summed E-state index contributed by atoms with van der Waals surface area (Å²) in [6.45, 7) is 3.61. The van der Waals surface area contributed by atoms with Crippen molar-refractivity contribution in [3.8, 4) is 0 Å². The fourth-order valence-electron chi connectivity index (χ4n) is 0.923. The standard InChI is InChI=1S/C10H8Cl2OS/c1-2-6-14-8-5-3-4-7(9(8)11)10(12)13/h2-5H,1,6H2. The van der Waals surface area contributed by atoms with Crippen molar-refractivity contribution in [2.45, 2.75) is 4.90 Å². The van der Waals surface area contributed by atoms with Crippen LogP contribution in [0.15, 0.2) is 35.7 Å². The molecule has 1 rings (SSSR count). The van der Waals surface area contributed by atoms with Crippen LogP contribution in [-0.2, 0) is 0 Å². The van der Waals surface area contributed by atoms with Crippen LogP contribution in [0.25, 0.3) is 0 Å². The first-order chi connectivity index (χ1) is 6.66. The number of rotatable bonds is 4. The number of carbonyl (C=O) groups excluding carboxylic acids is 1. The van der Waals surface area contributed by atoms with E-state index in [-0.39, 0.29) is 0 Å². The third-order valence-electron chi connectivity index (χ3n) is 1.53. The van der Waals surface area contributed by atoms with Crippen molar-refractivity contribution < 1.29 is 4.79 Å². The quantitative estimate of drug-likeness (QED) is 0.454. The van der Waals surface area contributed by atoms with Gasteiger partial charge >= 0.3 is 0 Å². The van der Waals surface area contributed by atoms with E-state index in [1.165, 1.54) is 11.8 Å². The maximum atomic E-state index is 10.9. The second kappa shape index (κ2) is 5.44. The minimum atomic E-state index is -0.531. The Labute approximate surface area is 97.1 Å². The number of thioether (sulfide) groups is 1. The van der Waals surface area contributed by atoms with Gasteiger partial charge in [0, 0.05) is 10.6 Å². The maximum Gasteiger partial charge on any atom is 0.253 e. The summed E-state index contributed by atoms with van der Waals surface area (Å²) in [4.78, 5) is 11.8. The summed E-state index contributed by atoms with van der Waals surface area (Å²) in [6, 6.07) is 5.21. The number of carbonyl (C=O) groups is 1. The highest BCUT2D eigenvalue weighted by Gasteiger charge is 2.10. The van der Waals surface area contributed by atoms with Crippen LogP contribution in [0.3, 0.4) is 0 Å². The molecule has 0 radical (unpaired) electrons. The molecule has 4 heteroatoms. The van der Waals surface area contributed by atoms with Gasteiger partial charge in [-0.3, -0.25) is 4.79 Å². The second-order valence-electron chi connectivity index (χ2n) is 2.49. The molecule has 0 saturated carbocycles. The van der Waals surface area contributed by atoms with Gasteiger partial charge in [-0.15, -0.1) is 18.3 Å². The van der Waals surface area contributed by atoms with Crippen LogP contribution in [0.4, 0.5) is 0 Å². The monoisotopic (exact) mass is 246 g/mol. The van der Waals surface area contributed by atoms with Crippen LogP contribution in [0, 0.1) is 0 Å². The van der Waals surface area contributed by atoms with E-state index >= 15 is 0 Å². The van der Waals surface area contributed by atoms with E-state index < -0.39 is 5.24 Å². The summed E-state index contributed by atoms with van der Waals surface area (Å²) in [5, 5.41) is -0.115. The first-order valence-electron chi connectivity index (χ1n) is 3.89. The van der Waals surface area contributed by atoms with E-state index in [1.807, 2.05) is 6.07 Å². The smallest absolute Gasteiger partial charge is 0.253 e. The summed E-state index contributed by atoms with van der Waals surface area (Å²) in [6.07, 6.45) is 1.77. The van der Waals surface area contributed by atoms with Crippen molar-refractivity contribution in [1.82, 2.24) is 0 Å². The summed E-state index contributed by atoms with van der Waals surface area (Å²) < 4.78 is 0. The van der Waals surface area contributed by atoms with E-state index in [4.69, 9.17) is 23.2 Å². The fourth-order valence-corrected chi connectivity index (χ4v) is 2.21. The van der Waals surface area contributed by atoms with Gasteiger partial charge in [-0.1, -0.05) is 23.7 Å². The van der Waals surface area contributed by atoms with E-state index in [1.54, 1.807) is 18.2 Å². The Bertz CT molecular complexity index is 363. The number of benzene rings is 1. The number of hydrogen-bond donors (Lipinski definition) is 0. The van der Waals surface area contributed by atoms with Crippen LogP contribution in [-0.4, -0.2) is 11.0 Å². The Hall–Kier alpha value is -0.440. The third-order valence-corrected chi connectivity index (χ3v) is 3.31. The van der Waals surface area contributed by atoms with Crippen molar-refractivity contribution in [3.63, 3.8) is 0 Å². The van der Waals surface area contributed by atoms with Crippen LogP contribution < -0.4 is 0 Å². The lowest BCUT2D eigenvalue weighted by atomic mass is 10.2. The third kappa shape index (κ3) is 2.77. The van der Waals surface area contributed by atoms with Gasteiger partial charge in [-0.2, -0.15) is 0 Å². The Morgan fingerprint density at radius 3 is 2.86 bits per heavy atom. The first-order valence-corrected chi connectivity index (χ1v) is 5.63. The average Bonchev–Trinajstić information content (AvgIpc) is 2.16. The van der Waals surface area contributed by atoms with Gasteiger partial charge in [0.15, 0.2) is 0 Å². The van der Waals surface area contributed by atoms with Crippen molar-refractivity contribution in [2.75, 3.05) is 5.75 Å². The Morgan fingerprint density at radius 2 is 2.29 bits per heavy atom. The van der Waals surface area contributed by atoms with Gasteiger partial charge in [0.1, 0.15) is 0 Å². The van der Waals surface area contributed by atoms with Crippen molar-refractivity contribution >= 4 is 40.2 Å². The molecule has 0 aliphatic carbocycles. The molecule has 0 aliphatic heterocycles. The second-order valence-corrected chi connectivity index (χ2v) is 4.27. The summed E-state index contributed by atoms with van der Waals surface area (Å²) in [5.74, 6) is 0.750. The predicted molar refractivity (Wildman–Crippen MR) is 62.6 cm³/mol. The van der Waals surface area contributed by atoms with E-state index in [0.29, 0.717) is 10.6 Å². The van der Waals surface area contributed by atoms with Gasteiger partial charge in [-0.05, 0) is 23.7 Å². The summed E-state index contributed by atoms with van der Waals surface area (Å²) in [5.41, 5.74) is 0.349. The Balaban J connectivity index is 3.01. The Kier molecular flexibility index (Phi) is 4.52. The molecular formula is C10H8Cl2OS. The molecule has 0 atom stereocenters. The fraction of sp³-hybridized carbons (Fsp3) is 0.100. The summed E-state index contributed by atoms with van der Waals surface area (Å²) in [7, 11) is 0. The highest BCUT2D eigenvalue weighted by molar-refractivity contribution is 7.99. The zero-order valence-corrected chi connectivity index (χ0v) is 9.62. The SMILES string of the molecule is C=CCSc1cccc(C(=O)Cl)c1Cl. The van der Waals surface area contributed by atoms with Crippen LogP contribution in [0.1, 0.15) is 10.4 Å². The molecule has 0 aromatic heterocycles. The highest BCUT2D eigenvalue weighted by Crippen LogP contribution is 2.30. The molecule has 1 aromatic carbocycles. The minimum Gasteiger partial charge on any atom is -0.276 e. The lowest BCUT2D eigenvalue weighted by molar-refractivity contribution is 0.108. The van der Waals surface area contributed by atoms with Crippen molar-refractivity contribution in [1.29, 1.82) is 0 Å². The molecule has 0 aliphatic rings. The molecule has 74 valence electrons. The zero-order chi connectivity index (χ0) is 10.6. The summed E-state index contributed by atoms with van der Waals surface area (Å²) >= 11 is 12.9. The van der Waals surface area contributed by atoms with Crippen LogP contribution in [0.5, 0.6) is 0 Å².